The summed E-state index contributed by atoms with van der Waals surface area (Å²) in [6.45, 7) is 4.29. The molecule has 2 radical (unpaired) electrons. The molecule has 0 aromatic heterocycles. The molecule has 0 aliphatic rings. The van der Waals surface area contributed by atoms with E-state index in [1.165, 1.54) is 33.2 Å². The molecule has 0 fully saturated rings. The molecule has 0 N–H and O–H groups in total. The molecule has 2 rings (SSSR count). The van der Waals surface area contributed by atoms with E-state index in [0.29, 0.717) is 0 Å². The molecule has 0 heterocycles. The van der Waals surface area contributed by atoms with Gasteiger partial charge in [-0.05, 0) is 25.0 Å². The first-order chi connectivity index (χ1) is 8.62. The molecular formula is C14H12B2I2. The van der Waals surface area contributed by atoms with E-state index in [0.717, 1.165) is 0 Å². The zero-order valence-electron chi connectivity index (χ0n) is 10.4. The Bertz CT molecular complexity index is 516. The van der Waals surface area contributed by atoms with Crippen LogP contribution in [0.25, 0.3) is 11.1 Å². The van der Waals surface area contributed by atoms with E-state index in [2.05, 4.69) is 105 Å². The highest BCUT2D eigenvalue weighted by molar-refractivity contribution is 14.1. The van der Waals surface area contributed by atoms with Crippen molar-refractivity contribution in [3.63, 3.8) is 0 Å². The zero-order chi connectivity index (χ0) is 13.1. The van der Waals surface area contributed by atoms with Crippen LogP contribution in [0.3, 0.4) is 0 Å². The van der Waals surface area contributed by atoms with E-state index in [1.807, 2.05) is 0 Å². The lowest BCUT2D eigenvalue weighted by Crippen LogP contribution is -2.11. The molecule has 0 saturated heterocycles. The standard InChI is InChI=1S/C14H12B2I2/c1-9-3-11(7-13(5-9)15-17)12-4-10(2)6-14(8-12)16-18/h3-8H,1-2H3. The molecule has 0 bridgehead atoms. The van der Waals surface area contributed by atoms with E-state index < -0.39 is 0 Å². The van der Waals surface area contributed by atoms with Gasteiger partial charge in [0.2, 0.25) is 10.3 Å². The highest BCUT2D eigenvalue weighted by Crippen LogP contribution is 2.20. The summed E-state index contributed by atoms with van der Waals surface area (Å²) >= 11 is 4.59. The van der Waals surface area contributed by atoms with Gasteiger partial charge in [-0.15, -0.1) is 0 Å². The van der Waals surface area contributed by atoms with Crippen molar-refractivity contribution in [3.05, 3.63) is 47.5 Å². The molecule has 0 aliphatic carbocycles. The number of hydrogen-bond acceptors (Lipinski definition) is 0. The lowest BCUT2D eigenvalue weighted by Gasteiger charge is -2.09. The summed E-state index contributed by atoms with van der Waals surface area (Å²) in [4.78, 5) is 0. The Kier molecular flexibility index (Phi) is 5.18. The summed E-state index contributed by atoms with van der Waals surface area (Å²) in [5.41, 5.74) is 7.73. The van der Waals surface area contributed by atoms with Crippen molar-refractivity contribution in [3.8, 4) is 11.1 Å². The maximum Gasteiger partial charge on any atom is 0.237 e. The van der Waals surface area contributed by atoms with Gasteiger partial charge in [-0.3, -0.25) is 0 Å². The van der Waals surface area contributed by atoms with Crippen molar-refractivity contribution in [1.29, 1.82) is 0 Å². The summed E-state index contributed by atoms with van der Waals surface area (Å²) in [5, 5.41) is 4.24. The van der Waals surface area contributed by atoms with Crippen LogP contribution in [0.15, 0.2) is 36.4 Å². The van der Waals surface area contributed by atoms with Crippen LogP contribution in [0.4, 0.5) is 0 Å². The van der Waals surface area contributed by atoms with Gasteiger partial charge in [0.05, 0.1) is 0 Å². The van der Waals surface area contributed by atoms with Gasteiger partial charge in [0.1, 0.15) is 0 Å². The minimum Gasteiger partial charge on any atom is -0.151 e. The first-order valence-corrected chi connectivity index (χ1v) is 8.22. The van der Waals surface area contributed by atoms with Crippen LogP contribution in [0.5, 0.6) is 0 Å². The highest BCUT2D eigenvalue weighted by atomic mass is 127. The second-order valence-electron chi connectivity index (χ2n) is 4.48. The quantitative estimate of drug-likeness (QED) is 0.492. The van der Waals surface area contributed by atoms with Gasteiger partial charge in [0, 0.05) is 0 Å². The molecule has 0 atom stereocenters. The largest absolute Gasteiger partial charge is 0.237 e. The Morgan fingerprint density at radius 3 is 1.39 bits per heavy atom. The van der Waals surface area contributed by atoms with E-state index in [9.17, 15) is 0 Å². The Morgan fingerprint density at radius 2 is 1.06 bits per heavy atom. The monoisotopic (exact) mass is 456 g/mol. The Balaban J connectivity index is 2.53. The summed E-state index contributed by atoms with van der Waals surface area (Å²) in [6.07, 6.45) is 0. The molecule has 0 saturated carbocycles. The molecule has 0 unspecified atom stereocenters. The summed E-state index contributed by atoms with van der Waals surface area (Å²) < 4.78 is 0. The van der Waals surface area contributed by atoms with Crippen molar-refractivity contribution >= 4 is 65.9 Å². The van der Waals surface area contributed by atoms with E-state index >= 15 is 0 Å². The smallest absolute Gasteiger partial charge is 0.151 e. The van der Waals surface area contributed by atoms with Crippen LogP contribution < -0.4 is 10.9 Å². The van der Waals surface area contributed by atoms with Crippen molar-refractivity contribution in [2.45, 2.75) is 13.8 Å². The van der Waals surface area contributed by atoms with Gasteiger partial charge in [0.25, 0.3) is 0 Å². The van der Waals surface area contributed by atoms with Crippen molar-refractivity contribution in [1.82, 2.24) is 0 Å². The first-order valence-electron chi connectivity index (χ1n) is 5.73. The topological polar surface area (TPSA) is 0 Å². The predicted octanol–water partition coefficient (Wildman–Crippen LogP) is 3.33. The Labute approximate surface area is 137 Å². The van der Waals surface area contributed by atoms with Crippen LogP contribution in [-0.2, 0) is 0 Å². The molecule has 2 aromatic carbocycles. The highest BCUT2D eigenvalue weighted by Gasteiger charge is 2.04. The van der Waals surface area contributed by atoms with Crippen LogP contribution >= 0.6 is 44.7 Å². The van der Waals surface area contributed by atoms with E-state index in [1.54, 1.807) is 0 Å². The average Bonchev–Trinajstić information content (AvgIpc) is 2.37. The maximum absolute atomic E-state index is 2.29. The van der Waals surface area contributed by atoms with Gasteiger partial charge in [-0.2, -0.15) is 44.7 Å². The van der Waals surface area contributed by atoms with Crippen molar-refractivity contribution in [2.75, 3.05) is 0 Å². The third kappa shape index (κ3) is 3.53. The third-order valence-electron chi connectivity index (χ3n) is 2.78. The lowest BCUT2D eigenvalue weighted by atomic mass is 9.87. The fourth-order valence-electron chi connectivity index (χ4n) is 2.08. The van der Waals surface area contributed by atoms with E-state index in [4.69, 9.17) is 0 Å². The maximum atomic E-state index is 2.29. The fraction of sp³-hybridized carbons (Fsp3) is 0.143. The normalized spacial score (nSPS) is 10.2. The summed E-state index contributed by atoms with van der Waals surface area (Å²) in [7, 11) is 0. The molecule has 18 heavy (non-hydrogen) atoms. The molecule has 4 heteroatoms. The number of halogens is 2. The summed E-state index contributed by atoms with van der Waals surface area (Å²) in [6, 6.07) is 13.4. The fourth-order valence-corrected chi connectivity index (χ4v) is 2.80. The van der Waals surface area contributed by atoms with Crippen molar-refractivity contribution in [2.24, 2.45) is 0 Å². The van der Waals surface area contributed by atoms with Crippen LogP contribution in [0.1, 0.15) is 11.1 Å². The minimum atomic E-state index is 1.27. The van der Waals surface area contributed by atoms with E-state index in [-0.39, 0.29) is 0 Å². The number of benzene rings is 2. The number of rotatable bonds is 3. The van der Waals surface area contributed by atoms with Crippen LogP contribution in [0.2, 0.25) is 0 Å². The molecule has 0 nitrogen and oxygen atoms in total. The predicted molar refractivity (Wildman–Crippen MR) is 100 cm³/mol. The zero-order valence-corrected chi connectivity index (χ0v) is 14.7. The molecular weight excluding hydrogens is 444 g/mol. The second kappa shape index (κ2) is 6.46. The van der Waals surface area contributed by atoms with Crippen LogP contribution in [-0.4, -0.2) is 10.3 Å². The summed E-state index contributed by atoms with van der Waals surface area (Å²) in [5.74, 6) is 0. The Hall–Kier alpha value is 0.0299. The molecule has 0 aliphatic heterocycles. The van der Waals surface area contributed by atoms with Gasteiger partial charge in [-0.1, -0.05) is 58.5 Å². The number of hydrogen-bond donors (Lipinski definition) is 0. The van der Waals surface area contributed by atoms with Gasteiger partial charge in [0.15, 0.2) is 0 Å². The first kappa shape index (κ1) is 14.4. The van der Waals surface area contributed by atoms with Gasteiger partial charge < -0.3 is 0 Å². The molecule has 0 spiro atoms. The lowest BCUT2D eigenvalue weighted by molar-refractivity contribution is 1.46. The third-order valence-corrected chi connectivity index (χ3v) is 4.22. The van der Waals surface area contributed by atoms with Crippen molar-refractivity contribution < 1.29 is 0 Å². The second-order valence-corrected chi connectivity index (χ2v) is 5.73. The Morgan fingerprint density at radius 1 is 0.667 bits per heavy atom. The number of aryl methyl sites for hydroxylation is 2. The molecule has 0 amide bonds. The average molecular weight is 456 g/mol. The molecule has 88 valence electrons. The SMILES string of the molecule is Cc1cc([B]I)cc(-c2cc(C)cc([B]I)c2)c1. The minimum absolute atomic E-state index is 1.27. The molecule has 2 aromatic rings. The van der Waals surface area contributed by atoms with Gasteiger partial charge in [-0.25, -0.2) is 0 Å². The van der Waals surface area contributed by atoms with Gasteiger partial charge >= 0.3 is 0 Å². The van der Waals surface area contributed by atoms with Crippen LogP contribution in [0, 0.1) is 13.8 Å².